The third-order valence-corrected chi connectivity index (χ3v) is 5.91. The quantitative estimate of drug-likeness (QED) is 0.563. The number of ether oxygens (including phenoxy) is 1. The number of carbonyl (C=O) groups is 1. The molecule has 0 radical (unpaired) electrons. The van der Waals surface area contributed by atoms with E-state index in [1.54, 1.807) is 0 Å². The third kappa shape index (κ3) is 1.61. The molecule has 2 nitrogen and oxygen atoms in total. The summed E-state index contributed by atoms with van der Waals surface area (Å²) in [5.41, 5.74) is 2.14. The lowest BCUT2D eigenvalue weighted by molar-refractivity contribution is -0.132. The van der Waals surface area contributed by atoms with E-state index in [-0.39, 0.29) is 11.8 Å². The Morgan fingerprint density at radius 2 is 2.21 bits per heavy atom. The van der Waals surface area contributed by atoms with Crippen molar-refractivity contribution in [2.45, 2.75) is 24.9 Å². The molecule has 98 valence electrons. The highest BCUT2D eigenvalue weighted by Crippen LogP contribution is 2.58. The maximum Gasteiger partial charge on any atom is 0.175 e. The van der Waals surface area contributed by atoms with Crippen molar-refractivity contribution in [3.63, 3.8) is 0 Å². The van der Waals surface area contributed by atoms with E-state index < -0.39 is 5.60 Å². The van der Waals surface area contributed by atoms with Crippen LogP contribution in [-0.4, -0.2) is 18.0 Å². The molecule has 0 aromatic heterocycles. The van der Waals surface area contributed by atoms with E-state index in [2.05, 4.69) is 59.9 Å². The summed E-state index contributed by atoms with van der Waals surface area (Å²) < 4.78 is 6.89. The van der Waals surface area contributed by atoms with Gasteiger partial charge in [-0.1, -0.05) is 35.9 Å². The van der Waals surface area contributed by atoms with Gasteiger partial charge in [-0.2, -0.15) is 0 Å². The van der Waals surface area contributed by atoms with E-state index in [0.29, 0.717) is 18.3 Å². The SMILES string of the molecule is Cc1cccc([C@H]2C[C@H]3C(I)=C[C@@H]2C(=O)[C@]32CO2)c1. The molecule has 4 atom stereocenters. The number of allylic oxidation sites excluding steroid dienone is 1. The van der Waals surface area contributed by atoms with Crippen LogP contribution in [0.3, 0.4) is 0 Å². The van der Waals surface area contributed by atoms with Crippen LogP contribution in [0.15, 0.2) is 33.9 Å². The summed E-state index contributed by atoms with van der Waals surface area (Å²) in [7, 11) is 0. The molecule has 3 heteroatoms. The number of rotatable bonds is 1. The summed E-state index contributed by atoms with van der Waals surface area (Å²) in [6.07, 6.45) is 3.23. The third-order valence-electron chi connectivity index (χ3n) is 4.80. The first-order chi connectivity index (χ1) is 9.12. The number of halogens is 1. The van der Waals surface area contributed by atoms with Crippen LogP contribution in [0, 0.1) is 18.8 Å². The van der Waals surface area contributed by atoms with Crippen LogP contribution in [-0.2, 0) is 9.53 Å². The first-order valence-electron chi connectivity index (χ1n) is 6.74. The van der Waals surface area contributed by atoms with Gasteiger partial charge in [-0.05, 0) is 51.0 Å². The number of hydrogen-bond donors (Lipinski definition) is 0. The number of fused-ring (bicyclic) bond motifs is 1. The standard InChI is InChI=1S/C16H15IO2/c1-9-3-2-4-10(5-9)11-6-13-14(17)7-12(11)15(18)16(13)8-19-16/h2-5,7,11-13H,6,8H2,1H3/t11-,12+,13+,16+/m1/s1. The number of hydrogen-bond acceptors (Lipinski definition) is 2. The van der Waals surface area contributed by atoms with Gasteiger partial charge in [-0.15, -0.1) is 0 Å². The molecule has 1 aromatic rings. The van der Waals surface area contributed by atoms with Gasteiger partial charge in [0.1, 0.15) is 0 Å². The zero-order valence-corrected chi connectivity index (χ0v) is 12.9. The van der Waals surface area contributed by atoms with Gasteiger partial charge >= 0.3 is 0 Å². The first-order valence-corrected chi connectivity index (χ1v) is 7.82. The van der Waals surface area contributed by atoms with Crippen molar-refractivity contribution in [1.82, 2.24) is 0 Å². The number of epoxide rings is 1. The molecule has 2 bridgehead atoms. The van der Waals surface area contributed by atoms with Crippen molar-refractivity contribution in [3.8, 4) is 0 Å². The van der Waals surface area contributed by atoms with Crippen LogP contribution in [0.25, 0.3) is 0 Å². The Kier molecular flexibility index (Phi) is 2.49. The predicted octanol–water partition coefficient (Wildman–Crippen LogP) is 3.39. The van der Waals surface area contributed by atoms with Gasteiger partial charge in [0.05, 0.1) is 6.61 Å². The van der Waals surface area contributed by atoms with E-state index in [0.717, 1.165) is 6.42 Å². The van der Waals surface area contributed by atoms with Gasteiger partial charge in [-0.3, -0.25) is 4.79 Å². The van der Waals surface area contributed by atoms with E-state index in [9.17, 15) is 4.79 Å². The first kappa shape index (κ1) is 12.1. The number of aryl methyl sites for hydroxylation is 1. The molecule has 3 aliphatic carbocycles. The highest BCUT2D eigenvalue weighted by Gasteiger charge is 2.66. The lowest BCUT2D eigenvalue weighted by Gasteiger charge is -2.43. The molecule has 1 saturated carbocycles. The van der Waals surface area contributed by atoms with E-state index in [1.165, 1.54) is 14.7 Å². The topological polar surface area (TPSA) is 29.6 Å². The van der Waals surface area contributed by atoms with Gasteiger partial charge < -0.3 is 4.74 Å². The smallest absolute Gasteiger partial charge is 0.175 e. The molecule has 5 rings (SSSR count). The fourth-order valence-electron chi connectivity index (χ4n) is 3.71. The summed E-state index contributed by atoms with van der Waals surface area (Å²) in [4.78, 5) is 12.6. The Labute approximate surface area is 126 Å². The molecule has 0 amide bonds. The molecule has 0 unspecified atom stereocenters. The minimum absolute atomic E-state index is 0.0150. The zero-order valence-electron chi connectivity index (χ0n) is 10.7. The van der Waals surface area contributed by atoms with Crippen LogP contribution >= 0.6 is 22.6 Å². The highest BCUT2D eigenvalue weighted by molar-refractivity contribution is 14.1. The monoisotopic (exact) mass is 366 g/mol. The molecule has 0 N–H and O–H groups in total. The molecular weight excluding hydrogens is 351 g/mol. The van der Waals surface area contributed by atoms with Crippen LogP contribution in [0.5, 0.6) is 0 Å². The molecule has 4 aliphatic rings. The van der Waals surface area contributed by atoms with Crippen molar-refractivity contribution in [3.05, 3.63) is 45.0 Å². The van der Waals surface area contributed by atoms with Gasteiger partial charge in [-0.25, -0.2) is 0 Å². The van der Waals surface area contributed by atoms with Crippen molar-refractivity contribution in [2.75, 3.05) is 6.61 Å². The Bertz CT molecular complexity index is 601. The Morgan fingerprint density at radius 3 is 2.89 bits per heavy atom. The number of ketones is 1. The maximum atomic E-state index is 12.6. The van der Waals surface area contributed by atoms with Gasteiger partial charge in [0.25, 0.3) is 0 Å². The second-order valence-corrected chi connectivity index (χ2v) is 7.17. The molecule has 1 spiro atoms. The van der Waals surface area contributed by atoms with Crippen LogP contribution < -0.4 is 0 Å². The van der Waals surface area contributed by atoms with Crippen LogP contribution in [0.4, 0.5) is 0 Å². The lowest BCUT2D eigenvalue weighted by Crippen LogP contribution is -2.49. The Hall–Kier alpha value is -0.680. The van der Waals surface area contributed by atoms with Crippen molar-refractivity contribution < 1.29 is 9.53 Å². The zero-order chi connectivity index (χ0) is 13.2. The Morgan fingerprint density at radius 1 is 1.42 bits per heavy atom. The fourth-order valence-corrected chi connectivity index (χ4v) is 4.85. The van der Waals surface area contributed by atoms with E-state index >= 15 is 0 Å². The number of Topliss-reactive ketones (excluding diaryl/α,β-unsaturated/α-hetero) is 1. The Balaban J connectivity index is 1.77. The van der Waals surface area contributed by atoms with Crippen molar-refractivity contribution >= 4 is 28.4 Å². The molecular formula is C16H15IO2. The van der Waals surface area contributed by atoms with Gasteiger partial charge in [0, 0.05) is 11.8 Å². The highest BCUT2D eigenvalue weighted by atomic mass is 127. The van der Waals surface area contributed by atoms with Gasteiger partial charge in [0.2, 0.25) is 0 Å². The van der Waals surface area contributed by atoms with E-state index in [1.807, 2.05) is 0 Å². The van der Waals surface area contributed by atoms with Crippen LogP contribution in [0.2, 0.25) is 0 Å². The fraction of sp³-hybridized carbons (Fsp3) is 0.438. The lowest BCUT2D eigenvalue weighted by atomic mass is 9.61. The average Bonchev–Trinajstić information content (AvgIpc) is 3.17. The summed E-state index contributed by atoms with van der Waals surface area (Å²) in [6.45, 7) is 2.74. The molecule has 1 aromatic carbocycles. The minimum Gasteiger partial charge on any atom is -0.361 e. The van der Waals surface area contributed by atoms with E-state index in [4.69, 9.17) is 4.74 Å². The van der Waals surface area contributed by atoms with Crippen molar-refractivity contribution in [1.29, 1.82) is 0 Å². The largest absolute Gasteiger partial charge is 0.361 e. The maximum absolute atomic E-state index is 12.6. The number of carbonyl (C=O) groups excluding carboxylic acids is 1. The molecule has 1 saturated heterocycles. The molecule has 2 fully saturated rings. The van der Waals surface area contributed by atoms with Gasteiger partial charge in [0.15, 0.2) is 11.4 Å². The summed E-state index contributed by atoms with van der Waals surface area (Å²) >= 11 is 2.39. The molecule has 1 heterocycles. The normalized spacial score (nSPS) is 39.6. The minimum atomic E-state index is -0.434. The average molecular weight is 366 g/mol. The summed E-state index contributed by atoms with van der Waals surface area (Å²) in [6, 6.07) is 8.58. The van der Waals surface area contributed by atoms with Crippen molar-refractivity contribution in [2.24, 2.45) is 11.8 Å². The second-order valence-electron chi connectivity index (χ2n) is 5.93. The molecule has 1 aliphatic heterocycles. The summed E-state index contributed by atoms with van der Waals surface area (Å²) in [5.74, 6) is 0.957. The second kappa shape index (κ2) is 3.92. The predicted molar refractivity (Wildman–Crippen MR) is 81.3 cm³/mol. The molecule has 19 heavy (non-hydrogen) atoms. The van der Waals surface area contributed by atoms with Crippen LogP contribution in [0.1, 0.15) is 23.5 Å². The summed E-state index contributed by atoms with van der Waals surface area (Å²) in [5, 5.41) is 0. The number of benzene rings is 1.